The molecule has 2 aromatic carbocycles. The summed E-state index contributed by atoms with van der Waals surface area (Å²) < 4.78 is 10.8. The second-order valence-electron chi connectivity index (χ2n) is 4.24. The first-order chi connectivity index (χ1) is 10.1. The molecule has 0 spiro atoms. The van der Waals surface area contributed by atoms with Crippen molar-refractivity contribution in [3.05, 3.63) is 46.4 Å². The van der Waals surface area contributed by atoms with E-state index in [0.29, 0.717) is 22.7 Å². The number of rotatable bonds is 4. The van der Waals surface area contributed by atoms with Gasteiger partial charge in [0.25, 0.3) is 0 Å². The lowest BCUT2D eigenvalue weighted by Gasteiger charge is -2.14. The summed E-state index contributed by atoms with van der Waals surface area (Å²) >= 11 is 3.39. The van der Waals surface area contributed by atoms with Gasteiger partial charge in [-0.25, -0.2) is 4.79 Å². The molecule has 0 saturated heterocycles. The van der Waals surface area contributed by atoms with Crippen molar-refractivity contribution in [3.63, 3.8) is 0 Å². The Morgan fingerprint density at radius 3 is 2.67 bits per heavy atom. The first-order valence-electron chi connectivity index (χ1n) is 6.14. The van der Waals surface area contributed by atoms with Gasteiger partial charge < -0.3 is 20.5 Å². The van der Waals surface area contributed by atoms with E-state index in [-0.39, 0.29) is 0 Å². The summed E-state index contributed by atoms with van der Waals surface area (Å²) in [6, 6.07) is 10.6. The molecule has 0 heterocycles. The standard InChI is InChI=1S/C15H15BrN2O3/c1-20-13-8-9(6-7-11(13)16)18-14-10(15(19)21-2)4-3-5-12(14)17/h3-8,18H,17H2,1-2H3. The fraction of sp³-hybridized carbons (Fsp3) is 0.133. The summed E-state index contributed by atoms with van der Waals surface area (Å²) in [6.07, 6.45) is 0. The second-order valence-corrected chi connectivity index (χ2v) is 5.09. The molecule has 0 atom stereocenters. The van der Waals surface area contributed by atoms with Crippen molar-refractivity contribution in [3.8, 4) is 5.75 Å². The lowest BCUT2D eigenvalue weighted by Crippen LogP contribution is -2.08. The Kier molecular flexibility index (Phi) is 4.70. The van der Waals surface area contributed by atoms with Crippen LogP contribution >= 0.6 is 15.9 Å². The fourth-order valence-electron chi connectivity index (χ4n) is 1.87. The van der Waals surface area contributed by atoms with Crippen molar-refractivity contribution < 1.29 is 14.3 Å². The number of carbonyl (C=O) groups is 1. The lowest BCUT2D eigenvalue weighted by atomic mass is 10.1. The van der Waals surface area contributed by atoms with Gasteiger partial charge in [0, 0.05) is 11.8 Å². The average molecular weight is 351 g/mol. The van der Waals surface area contributed by atoms with Crippen molar-refractivity contribution in [1.29, 1.82) is 0 Å². The Morgan fingerprint density at radius 2 is 2.00 bits per heavy atom. The van der Waals surface area contributed by atoms with Crippen LogP contribution in [-0.2, 0) is 4.74 Å². The minimum atomic E-state index is -0.450. The topological polar surface area (TPSA) is 73.6 Å². The van der Waals surface area contributed by atoms with E-state index < -0.39 is 5.97 Å². The van der Waals surface area contributed by atoms with Gasteiger partial charge >= 0.3 is 5.97 Å². The quantitative estimate of drug-likeness (QED) is 0.651. The third-order valence-electron chi connectivity index (χ3n) is 2.92. The maximum Gasteiger partial charge on any atom is 0.340 e. The number of ether oxygens (including phenoxy) is 2. The highest BCUT2D eigenvalue weighted by molar-refractivity contribution is 9.10. The van der Waals surface area contributed by atoms with E-state index in [0.717, 1.165) is 10.2 Å². The number of halogens is 1. The maximum absolute atomic E-state index is 11.8. The lowest BCUT2D eigenvalue weighted by molar-refractivity contribution is 0.0602. The number of nitrogens with two attached hydrogens (primary N) is 1. The van der Waals surface area contributed by atoms with E-state index >= 15 is 0 Å². The number of anilines is 3. The Bertz CT molecular complexity index is 674. The first kappa shape index (κ1) is 15.2. The van der Waals surface area contributed by atoms with Gasteiger partial charge in [-0.15, -0.1) is 0 Å². The molecule has 3 N–H and O–H groups in total. The van der Waals surface area contributed by atoms with Gasteiger partial charge in [0.05, 0.1) is 35.6 Å². The number of hydrogen-bond donors (Lipinski definition) is 2. The van der Waals surface area contributed by atoms with Crippen LogP contribution in [0.1, 0.15) is 10.4 Å². The number of carbonyl (C=O) groups excluding carboxylic acids is 1. The van der Waals surface area contributed by atoms with Crippen LogP contribution in [0.15, 0.2) is 40.9 Å². The molecule has 0 saturated carbocycles. The minimum Gasteiger partial charge on any atom is -0.495 e. The summed E-state index contributed by atoms with van der Waals surface area (Å²) in [5.74, 6) is 0.225. The number of hydrogen-bond acceptors (Lipinski definition) is 5. The Balaban J connectivity index is 2.41. The number of esters is 1. The predicted octanol–water partition coefficient (Wildman–Crippen LogP) is 3.57. The Hall–Kier alpha value is -2.21. The summed E-state index contributed by atoms with van der Waals surface area (Å²) in [5.41, 5.74) is 8.04. The van der Waals surface area contributed by atoms with Crippen molar-refractivity contribution in [2.75, 3.05) is 25.3 Å². The van der Waals surface area contributed by atoms with Gasteiger partial charge in [-0.3, -0.25) is 0 Å². The van der Waals surface area contributed by atoms with E-state index in [9.17, 15) is 4.79 Å². The molecule has 2 aromatic rings. The normalized spacial score (nSPS) is 10.0. The van der Waals surface area contributed by atoms with Gasteiger partial charge in [0.2, 0.25) is 0 Å². The monoisotopic (exact) mass is 350 g/mol. The molecule has 0 amide bonds. The third-order valence-corrected chi connectivity index (χ3v) is 3.58. The predicted molar refractivity (Wildman–Crippen MR) is 86.2 cm³/mol. The van der Waals surface area contributed by atoms with Crippen LogP contribution in [0, 0.1) is 0 Å². The van der Waals surface area contributed by atoms with E-state index in [4.69, 9.17) is 15.2 Å². The first-order valence-corrected chi connectivity index (χ1v) is 6.93. The zero-order valence-corrected chi connectivity index (χ0v) is 13.2. The number of methoxy groups -OCH3 is 2. The Labute approximate surface area is 131 Å². The van der Waals surface area contributed by atoms with Crippen LogP contribution in [-0.4, -0.2) is 20.2 Å². The zero-order chi connectivity index (χ0) is 15.4. The van der Waals surface area contributed by atoms with Crippen LogP contribution in [0.3, 0.4) is 0 Å². The molecular weight excluding hydrogens is 336 g/mol. The van der Waals surface area contributed by atoms with Gasteiger partial charge in [0.1, 0.15) is 5.75 Å². The SMILES string of the molecule is COC(=O)c1cccc(N)c1Nc1ccc(Br)c(OC)c1. The molecule has 5 nitrogen and oxygen atoms in total. The molecule has 0 radical (unpaired) electrons. The molecule has 110 valence electrons. The highest BCUT2D eigenvalue weighted by atomic mass is 79.9. The second kappa shape index (κ2) is 6.49. The molecule has 6 heteroatoms. The minimum absolute atomic E-state index is 0.374. The number of nitrogens with one attached hydrogen (secondary N) is 1. The smallest absolute Gasteiger partial charge is 0.340 e. The molecule has 0 aliphatic carbocycles. The number of nitrogen functional groups attached to an aromatic ring is 1. The van der Waals surface area contributed by atoms with Crippen molar-refractivity contribution in [1.82, 2.24) is 0 Å². The van der Waals surface area contributed by atoms with Crippen LogP contribution in [0.5, 0.6) is 5.75 Å². The molecule has 0 bridgehead atoms. The van der Waals surface area contributed by atoms with E-state index in [1.807, 2.05) is 12.1 Å². The number of para-hydroxylation sites is 1. The highest BCUT2D eigenvalue weighted by Crippen LogP contribution is 2.32. The average Bonchev–Trinajstić information content (AvgIpc) is 2.50. The third kappa shape index (κ3) is 3.28. The summed E-state index contributed by atoms with van der Waals surface area (Å²) in [5, 5.41) is 3.13. The molecular formula is C15H15BrN2O3. The van der Waals surface area contributed by atoms with E-state index in [1.165, 1.54) is 7.11 Å². The molecule has 0 unspecified atom stereocenters. The largest absolute Gasteiger partial charge is 0.495 e. The van der Waals surface area contributed by atoms with Gasteiger partial charge in [0.15, 0.2) is 0 Å². The molecule has 0 fully saturated rings. The van der Waals surface area contributed by atoms with Gasteiger partial charge in [-0.05, 0) is 40.2 Å². The van der Waals surface area contributed by atoms with Crippen molar-refractivity contribution >= 4 is 39.0 Å². The van der Waals surface area contributed by atoms with E-state index in [2.05, 4.69) is 21.2 Å². The maximum atomic E-state index is 11.8. The van der Waals surface area contributed by atoms with Crippen molar-refractivity contribution in [2.24, 2.45) is 0 Å². The summed E-state index contributed by atoms with van der Waals surface area (Å²) in [6.45, 7) is 0. The molecule has 0 aliphatic heterocycles. The van der Waals surface area contributed by atoms with E-state index in [1.54, 1.807) is 31.4 Å². The highest BCUT2D eigenvalue weighted by Gasteiger charge is 2.14. The number of benzene rings is 2. The van der Waals surface area contributed by atoms with Crippen LogP contribution in [0.25, 0.3) is 0 Å². The summed E-state index contributed by atoms with van der Waals surface area (Å²) in [7, 11) is 2.92. The van der Waals surface area contributed by atoms with Crippen molar-refractivity contribution in [2.45, 2.75) is 0 Å². The molecule has 0 aliphatic rings. The zero-order valence-electron chi connectivity index (χ0n) is 11.6. The van der Waals surface area contributed by atoms with Gasteiger partial charge in [-0.2, -0.15) is 0 Å². The van der Waals surface area contributed by atoms with Crippen LogP contribution < -0.4 is 15.8 Å². The summed E-state index contributed by atoms with van der Waals surface area (Å²) in [4.78, 5) is 11.8. The van der Waals surface area contributed by atoms with Crippen LogP contribution in [0.4, 0.5) is 17.1 Å². The van der Waals surface area contributed by atoms with Gasteiger partial charge in [-0.1, -0.05) is 6.07 Å². The molecule has 0 aromatic heterocycles. The molecule has 21 heavy (non-hydrogen) atoms. The van der Waals surface area contributed by atoms with Crippen LogP contribution in [0.2, 0.25) is 0 Å². The molecule has 2 rings (SSSR count). The Morgan fingerprint density at radius 1 is 1.24 bits per heavy atom. The fourth-order valence-corrected chi connectivity index (χ4v) is 2.28.